The lowest BCUT2D eigenvalue weighted by molar-refractivity contribution is -0.145. The first-order valence-electron chi connectivity index (χ1n) is 11.7. The van der Waals surface area contributed by atoms with Crippen LogP contribution in [0.15, 0.2) is 48.5 Å². The van der Waals surface area contributed by atoms with Crippen LogP contribution in [0.5, 0.6) is 5.75 Å². The molecule has 0 saturated carbocycles. The van der Waals surface area contributed by atoms with Gasteiger partial charge in [-0.05, 0) is 24.3 Å². The van der Waals surface area contributed by atoms with Crippen LogP contribution < -0.4 is 20.3 Å². The fraction of sp³-hybridized carbons (Fsp3) is 0.400. The van der Waals surface area contributed by atoms with Crippen LogP contribution in [0.25, 0.3) is 0 Å². The van der Waals surface area contributed by atoms with Crippen LogP contribution in [0.2, 0.25) is 0 Å². The van der Waals surface area contributed by atoms with Crippen LogP contribution >= 0.6 is 0 Å². The highest BCUT2D eigenvalue weighted by atomic mass is 19.1. The Labute approximate surface area is 203 Å². The number of nitrogens with one attached hydrogen (secondary N) is 2. The number of methoxy groups -OCH3 is 1. The number of hydrogen-bond donors (Lipinski definition) is 2. The third-order valence-electron chi connectivity index (χ3n) is 6.34. The van der Waals surface area contributed by atoms with Gasteiger partial charge in [0.25, 0.3) is 0 Å². The van der Waals surface area contributed by atoms with E-state index in [2.05, 4.69) is 10.6 Å². The van der Waals surface area contributed by atoms with Crippen LogP contribution in [-0.2, 0) is 14.4 Å². The number of nitrogens with zero attached hydrogens (tertiary/aromatic N) is 3. The molecule has 0 aromatic heterocycles. The minimum absolute atomic E-state index is 0.142. The molecule has 0 spiro atoms. The first-order chi connectivity index (χ1) is 17.0. The van der Waals surface area contributed by atoms with Crippen molar-refractivity contribution in [2.75, 3.05) is 63.1 Å². The fourth-order valence-electron chi connectivity index (χ4n) is 4.48. The largest absolute Gasteiger partial charge is 0.495 e. The Bertz CT molecular complexity index is 1070. The summed E-state index contributed by atoms with van der Waals surface area (Å²) in [5.74, 6) is -0.673. The molecule has 1 atom stereocenters. The monoisotopic (exact) mass is 483 g/mol. The molecule has 2 heterocycles. The number of anilines is 2. The van der Waals surface area contributed by atoms with E-state index in [1.807, 2.05) is 9.80 Å². The molecule has 9 nitrogen and oxygen atoms in total. The second kappa shape index (κ2) is 11.2. The molecule has 4 rings (SSSR count). The number of carbonyl (C=O) groups is 3. The van der Waals surface area contributed by atoms with Gasteiger partial charge in [-0.15, -0.1) is 0 Å². The van der Waals surface area contributed by atoms with Gasteiger partial charge in [-0.1, -0.05) is 24.3 Å². The predicted molar refractivity (Wildman–Crippen MR) is 130 cm³/mol. The van der Waals surface area contributed by atoms with Gasteiger partial charge < -0.3 is 25.2 Å². The topological polar surface area (TPSA) is 94.2 Å². The van der Waals surface area contributed by atoms with Crippen molar-refractivity contribution in [1.29, 1.82) is 0 Å². The first kappa shape index (κ1) is 24.5. The van der Waals surface area contributed by atoms with Gasteiger partial charge in [0.2, 0.25) is 17.7 Å². The van der Waals surface area contributed by atoms with Crippen molar-refractivity contribution in [2.24, 2.45) is 0 Å². The molecule has 2 aliphatic heterocycles. The molecule has 3 amide bonds. The summed E-state index contributed by atoms with van der Waals surface area (Å²) in [6, 6.07) is 12.8. The minimum Gasteiger partial charge on any atom is -0.495 e. The standard InChI is InChI=1S/C25H30FN5O4/c1-35-22-9-5-3-7-19(22)28-23(32)16-21-25(34)27-10-11-31(21)24(33)17-29-12-14-30(15-13-29)20-8-4-2-6-18(20)26/h2-9,21H,10-17H2,1H3,(H,27,34)(H,28,32). The van der Waals surface area contributed by atoms with Crippen LogP contribution in [0.4, 0.5) is 15.8 Å². The van der Waals surface area contributed by atoms with Gasteiger partial charge in [-0.2, -0.15) is 0 Å². The van der Waals surface area contributed by atoms with Crippen molar-refractivity contribution >= 4 is 29.1 Å². The Hall–Kier alpha value is -3.66. The summed E-state index contributed by atoms with van der Waals surface area (Å²) in [5.41, 5.74) is 1.06. The van der Waals surface area contributed by atoms with E-state index in [9.17, 15) is 18.8 Å². The molecule has 35 heavy (non-hydrogen) atoms. The van der Waals surface area contributed by atoms with Gasteiger partial charge in [0.1, 0.15) is 17.6 Å². The summed E-state index contributed by atoms with van der Waals surface area (Å²) < 4.78 is 19.3. The molecule has 2 fully saturated rings. The summed E-state index contributed by atoms with van der Waals surface area (Å²) in [6.45, 7) is 3.21. The second-order valence-electron chi connectivity index (χ2n) is 8.56. The Morgan fingerprint density at radius 2 is 1.77 bits per heavy atom. The number of amides is 3. The minimum atomic E-state index is -0.884. The lowest BCUT2D eigenvalue weighted by Crippen LogP contribution is -2.60. The number of para-hydroxylation sites is 3. The number of hydrogen-bond acceptors (Lipinski definition) is 6. The summed E-state index contributed by atoms with van der Waals surface area (Å²) in [4.78, 5) is 43.9. The van der Waals surface area contributed by atoms with Crippen LogP contribution in [0.1, 0.15) is 6.42 Å². The molecule has 10 heteroatoms. The Morgan fingerprint density at radius 1 is 1.06 bits per heavy atom. The third kappa shape index (κ3) is 5.89. The van der Waals surface area contributed by atoms with E-state index in [1.165, 1.54) is 18.1 Å². The maximum absolute atomic E-state index is 14.1. The smallest absolute Gasteiger partial charge is 0.243 e. The van der Waals surface area contributed by atoms with Crippen LogP contribution in [0.3, 0.4) is 0 Å². The fourth-order valence-corrected chi connectivity index (χ4v) is 4.48. The molecule has 0 aliphatic carbocycles. The van der Waals surface area contributed by atoms with Crippen molar-refractivity contribution in [2.45, 2.75) is 12.5 Å². The number of rotatable bonds is 7. The van der Waals surface area contributed by atoms with Gasteiger partial charge in [-0.3, -0.25) is 19.3 Å². The number of halogens is 1. The normalized spacial score (nSPS) is 18.7. The lowest BCUT2D eigenvalue weighted by Gasteiger charge is -2.39. The molecule has 0 radical (unpaired) electrons. The molecule has 2 N–H and O–H groups in total. The molecule has 2 saturated heterocycles. The SMILES string of the molecule is COc1ccccc1NC(=O)CC1C(=O)NCCN1C(=O)CN1CCN(c2ccccc2F)CC1. The summed E-state index contributed by atoms with van der Waals surface area (Å²) in [5, 5.41) is 5.51. The van der Waals surface area contributed by atoms with E-state index in [1.54, 1.807) is 42.5 Å². The zero-order valence-corrected chi connectivity index (χ0v) is 19.7. The summed E-state index contributed by atoms with van der Waals surface area (Å²) >= 11 is 0. The molecule has 186 valence electrons. The van der Waals surface area contributed by atoms with E-state index in [0.29, 0.717) is 56.4 Å². The Morgan fingerprint density at radius 3 is 2.51 bits per heavy atom. The molecule has 2 aromatic rings. The van der Waals surface area contributed by atoms with Crippen molar-refractivity contribution in [3.63, 3.8) is 0 Å². The summed E-state index contributed by atoms with van der Waals surface area (Å²) in [7, 11) is 1.51. The van der Waals surface area contributed by atoms with Gasteiger partial charge >= 0.3 is 0 Å². The number of carbonyl (C=O) groups excluding carboxylic acids is 3. The molecule has 0 bridgehead atoms. The van der Waals surface area contributed by atoms with E-state index >= 15 is 0 Å². The molecule has 1 unspecified atom stereocenters. The average molecular weight is 484 g/mol. The van der Waals surface area contributed by atoms with Gasteiger partial charge in [0.15, 0.2) is 0 Å². The number of ether oxygens (including phenoxy) is 1. The van der Waals surface area contributed by atoms with Crippen molar-refractivity contribution < 1.29 is 23.5 Å². The first-order valence-corrected chi connectivity index (χ1v) is 11.7. The second-order valence-corrected chi connectivity index (χ2v) is 8.56. The zero-order valence-electron chi connectivity index (χ0n) is 19.7. The molecule has 2 aromatic carbocycles. The highest BCUT2D eigenvalue weighted by molar-refractivity contribution is 5.98. The predicted octanol–water partition coefficient (Wildman–Crippen LogP) is 1.31. The van der Waals surface area contributed by atoms with Crippen molar-refractivity contribution in [3.05, 3.63) is 54.3 Å². The third-order valence-corrected chi connectivity index (χ3v) is 6.34. The zero-order chi connectivity index (χ0) is 24.8. The molecule has 2 aliphatic rings. The lowest BCUT2D eigenvalue weighted by atomic mass is 10.1. The van der Waals surface area contributed by atoms with E-state index in [0.717, 1.165) is 0 Å². The average Bonchev–Trinajstić information content (AvgIpc) is 2.86. The maximum Gasteiger partial charge on any atom is 0.243 e. The Balaban J connectivity index is 1.34. The van der Waals surface area contributed by atoms with Gasteiger partial charge in [0, 0.05) is 39.3 Å². The number of piperazine rings is 2. The highest BCUT2D eigenvalue weighted by Gasteiger charge is 2.35. The van der Waals surface area contributed by atoms with Crippen molar-refractivity contribution in [3.8, 4) is 5.75 Å². The summed E-state index contributed by atoms with van der Waals surface area (Å²) in [6.07, 6.45) is -0.156. The number of benzene rings is 2. The van der Waals surface area contributed by atoms with Gasteiger partial charge in [0.05, 0.1) is 31.5 Å². The van der Waals surface area contributed by atoms with Crippen molar-refractivity contribution in [1.82, 2.24) is 15.1 Å². The molecular formula is C25H30FN5O4. The van der Waals surface area contributed by atoms with Crippen LogP contribution in [-0.4, -0.2) is 86.5 Å². The van der Waals surface area contributed by atoms with Crippen LogP contribution in [0, 0.1) is 5.82 Å². The Kier molecular flexibility index (Phi) is 7.81. The van der Waals surface area contributed by atoms with E-state index in [4.69, 9.17) is 4.74 Å². The highest BCUT2D eigenvalue weighted by Crippen LogP contribution is 2.24. The van der Waals surface area contributed by atoms with Gasteiger partial charge in [-0.25, -0.2) is 4.39 Å². The van der Waals surface area contributed by atoms with E-state index < -0.39 is 6.04 Å². The van der Waals surface area contributed by atoms with E-state index in [-0.39, 0.29) is 36.5 Å². The molecular weight excluding hydrogens is 453 g/mol. The quantitative estimate of drug-likeness (QED) is 0.617. The maximum atomic E-state index is 14.1.